The molecule has 4 rings (SSSR count). The maximum atomic E-state index is 15.4. The van der Waals surface area contributed by atoms with Crippen molar-refractivity contribution in [3.8, 4) is 0 Å². The molecule has 0 aliphatic carbocycles. The zero-order valence-electron chi connectivity index (χ0n) is 18.9. The van der Waals surface area contributed by atoms with Gasteiger partial charge in [0.25, 0.3) is 0 Å². The Kier molecular flexibility index (Phi) is 6.13. The summed E-state index contributed by atoms with van der Waals surface area (Å²) in [6.45, 7) is 0.792. The van der Waals surface area contributed by atoms with Gasteiger partial charge in [-0.2, -0.15) is 0 Å². The van der Waals surface area contributed by atoms with E-state index in [1.807, 2.05) is 125 Å². The molecule has 4 aromatic carbocycles. The Balaban J connectivity index is 2.12. The molecule has 4 heteroatoms. The van der Waals surface area contributed by atoms with Gasteiger partial charge in [-0.1, -0.05) is 119 Å². The van der Waals surface area contributed by atoms with E-state index < -0.39 is 13.7 Å². The minimum absolute atomic E-state index is 0.622. The Morgan fingerprint density at radius 1 is 0.344 bits per heavy atom. The van der Waals surface area contributed by atoms with Gasteiger partial charge in [0.05, 0.1) is 0 Å². The van der Waals surface area contributed by atoms with Crippen LogP contribution in [-0.2, 0) is 9.13 Å². The van der Waals surface area contributed by atoms with Crippen molar-refractivity contribution in [2.75, 3.05) is 0 Å². The SMILES string of the molecule is Cc1ccc(P(=O)(c2ccc(C)cc2)P(=O)(c2ccc(C)cc2)c2ccc(C)cc2)cc1. The fourth-order valence-electron chi connectivity index (χ4n) is 3.94. The summed E-state index contributed by atoms with van der Waals surface area (Å²) >= 11 is 0. The van der Waals surface area contributed by atoms with Gasteiger partial charge < -0.3 is 9.13 Å². The average Bonchev–Trinajstić information content (AvgIpc) is 2.80. The van der Waals surface area contributed by atoms with Crippen molar-refractivity contribution in [2.45, 2.75) is 27.7 Å². The number of rotatable bonds is 5. The summed E-state index contributed by atoms with van der Waals surface area (Å²) in [4.78, 5) is 0. The molecule has 2 nitrogen and oxygen atoms in total. The van der Waals surface area contributed by atoms with Crippen molar-refractivity contribution in [1.29, 1.82) is 0 Å². The van der Waals surface area contributed by atoms with Crippen LogP contribution in [-0.4, -0.2) is 0 Å². The minimum atomic E-state index is -3.60. The van der Waals surface area contributed by atoms with Crippen LogP contribution in [0.5, 0.6) is 0 Å². The van der Waals surface area contributed by atoms with E-state index in [1.54, 1.807) is 0 Å². The van der Waals surface area contributed by atoms with Gasteiger partial charge in [-0.3, -0.25) is 0 Å². The van der Waals surface area contributed by atoms with Crippen LogP contribution in [0.3, 0.4) is 0 Å². The Bertz CT molecular complexity index is 1110. The van der Waals surface area contributed by atoms with E-state index in [-0.39, 0.29) is 0 Å². The molecule has 0 fully saturated rings. The first-order chi connectivity index (χ1) is 15.2. The first kappa shape index (κ1) is 22.5. The fourth-order valence-corrected chi connectivity index (χ4v) is 13.5. The Morgan fingerprint density at radius 3 is 0.656 bits per heavy atom. The smallest absolute Gasteiger partial charge is 0.206 e. The largest absolute Gasteiger partial charge is 0.305 e. The van der Waals surface area contributed by atoms with Crippen LogP contribution in [0.15, 0.2) is 97.1 Å². The van der Waals surface area contributed by atoms with Gasteiger partial charge in [0.15, 0.2) is 0 Å². The molecule has 0 radical (unpaired) electrons. The molecule has 0 aromatic heterocycles. The average molecular weight is 458 g/mol. The predicted molar refractivity (Wildman–Crippen MR) is 138 cm³/mol. The highest BCUT2D eigenvalue weighted by Gasteiger charge is 2.49. The predicted octanol–water partition coefficient (Wildman–Crippen LogP) is 6.16. The Hall–Kier alpha value is -2.66. The zero-order valence-corrected chi connectivity index (χ0v) is 20.7. The summed E-state index contributed by atoms with van der Waals surface area (Å²) < 4.78 is 30.7. The molecule has 0 aliphatic rings. The maximum absolute atomic E-state index is 15.4. The highest BCUT2D eigenvalue weighted by atomic mass is 32.1. The van der Waals surface area contributed by atoms with E-state index in [0.717, 1.165) is 22.3 Å². The summed E-state index contributed by atoms with van der Waals surface area (Å²) in [6.07, 6.45) is 0. The van der Waals surface area contributed by atoms with E-state index in [1.165, 1.54) is 0 Å². The monoisotopic (exact) mass is 458 g/mol. The maximum Gasteiger partial charge on any atom is 0.206 e. The van der Waals surface area contributed by atoms with Crippen LogP contribution in [0.25, 0.3) is 0 Å². The van der Waals surface area contributed by atoms with Gasteiger partial charge in [0.1, 0.15) is 0 Å². The van der Waals surface area contributed by atoms with E-state index in [4.69, 9.17) is 0 Å². The summed E-state index contributed by atoms with van der Waals surface area (Å²) in [5.74, 6) is 0. The third-order valence-electron chi connectivity index (χ3n) is 5.93. The number of benzene rings is 4. The Labute approximate surface area is 191 Å². The Morgan fingerprint density at radius 2 is 0.500 bits per heavy atom. The van der Waals surface area contributed by atoms with Crippen LogP contribution >= 0.6 is 13.7 Å². The van der Waals surface area contributed by atoms with Crippen LogP contribution in [0.4, 0.5) is 0 Å². The lowest BCUT2D eigenvalue weighted by Crippen LogP contribution is -2.26. The highest BCUT2D eigenvalue weighted by Crippen LogP contribution is 2.78. The van der Waals surface area contributed by atoms with Crippen molar-refractivity contribution in [2.24, 2.45) is 0 Å². The lowest BCUT2D eigenvalue weighted by Gasteiger charge is -2.30. The van der Waals surface area contributed by atoms with Gasteiger partial charge in [-0.15, -0.1) is 0 Å². The summed E-state index contributed by atoms with van der Waals surface area (Å²) in [7, 11) is 0. The zero-order chi connectivity index (χ0) is 22.9. The van der Waals surface area contributed by atoms with Crippen LogP contribution in [0, 0.1) is 27.7 Å². The molecule has 162 valence electrons. The molecular formula is C28H28O2P2. The van der Waals surface area contributed by atoms with E-state index in [9.17, 15) is 0 Å². The normalized spacial score (nSPS) is 12.0. The molecule has 0 N–H and O–H groups in total. The van der Waals surface area contributed by atoms with Gasteiger partial charge in [-0.25, -0.2) is 0 Å². The van der Waals surface area contributed by atoms with E-state index in [0.29, 0.717) is 21.2 Å². The van der Waals surface area contributed by atoms with Crippen molar-refractivity contribution < 1.29 is 9.13 Å². The molecule has 0 heterocycles. The summed E-state index contributed by atoms with van der Waals surface area (Å²) in [5.41, 5.74) is 4.30. The molecule has 4 aromatic rings. The number of aryl methyl sites for hydroxylation is 4. The van der Waals surface area contributed by atoms with Crippen LogP contribution < -0.4 is 21.2 Å². The third-order valence-corrected chi connectivity index (χ3v) is 15.9. The quantitative estimate of drug-likeness (QED) is 0.336. The lowest BCUT2D eigenvalue weighted by atomic mass is 10.2. The topological polar surface area (TPSA) is 34.1 Å². The van der Waals surface area contributed by atoms with E-state index >= 15 is 9.13 Å². The molecule has 0 atom stereocenters. The van der Waals surface area contributed by atoms with Gasteiger partial charge in [0, 0.05) is 21.2 Å². The molecule has 0 spiro atoms. The molecule has 32 heavy (non-hydrogen) atoms. The van der Waals surface area contributed by atoms with Crippen molar-refractivity contribution in [3.05, 3.63) is 119 Å². The highest BCUT2D eigenvalue weighted by molar-refractivity contribution is 8.47. The van der Waals surface area contributed by atoms with Gasteiger partial charge >= 0.3 is 0 Å². The van der Waals surface area contributed by atoms with Gasteiger partial charge in [0.2, 0.25) is 13.7 Å². The summed E-state index contributed by atoms with van der Waals surface area (Å²) in [5, 5.41) is 2.49. The third kappa shape index (κ3) is 3.83. The van der Waals surface area contributed by atoms with Crippen molar-refractivity contribution in [3.63, 3.8) is 0 Å². The molecule has 0 aliphatic heterocycles. The lowest BCUT2D eigenvalue weighted by molar-refractivity contribution is 0.578. The van der Waals surface area contributed by atoms with Crippen molar-refractivity contribution >= 4 is 34.9 Å². The van der Waals surface area contributed by atoms with Crippen LogP contribution in [0.2, 0.25) is 0 Å². The number of hydrogen-bond acceptors (Lipinski definition) is 2. The minimum Gasteiger partial charge on any atom is -0.305 e. The summed E-state index contributed by atoms with van der Waals surface area (Å²) in [6, 6.07) is 30.6. The second-order valence-electron chi connectivity index (χ2n) is 8.49. The molecule has 0 saturated carbocycles. The molecule has 0 bridgehead atoms. The van der Waals surface area contributed by atoms with Gasteiger partial charge in [-0.05, 0) is 27.7 Å². The second-order valence-corrected chi connectivity index (χ2v) is 16.2. The first-order valence-electron chi connectivity index (χ1n) is 10.7. The van der Waals surface area contributed by atoms with Crippen molar-refractivity contribution in [1.82, 2.24) is 0 Å². The second kappa shape index (κ2) is 8.70. The van der Waals surface area contributed by atoms with E-state index in [2.05, 4.69) is 0 Å². The standard InChI is InChI=1S/C28H28O2P2/c1-21-5-13-25(14-6-21)31(29,26-15-7-22(2)8-16-26)32(30,27-17-9-23(3)10-18-27)28-19-11-24(4)12-20-28/h5-20H,1-4H3. The molecule has 0 unspecified atom stereocenters. The molecular weight excluding hydrogens is 430 g/mol. The van der Waals surface area contributed by atoms with Crippen LogP contribution in [0.1, 0.15) is 22.3 Å². The first-order valence-corrected chi connectivity index (χ1v) is 14.9. The fraction of sp³-hybridized carbons (Fsp3) is 0.143. The number of hydrogen-bond donors (Lipinski definition) is 0. The molecule has 0 amide bonds. The molecule has 0 saturated heterocycles.